The maximum atomic E-state index is 3.69. The Labute approximate surface area is 92.9 Å². The molecule has 0 aromatic heterocycles. The first-order valence-electron chi connectivity index (χ1n) is 6.00. The molecule has 1 aromatic rings. The lowest BCUT2D eigenvalue weighted by Crippen LogP contribution is -2.36. The zero-order chi connectivity index (χ0) is 10.9. The summed E-state index contributed by atoms with van der Waals surface area (Å²) in [5, 5.41) is 3.69. The molecule has 0 aliphatic carbocycles. The zero-order valence-corrected chi connectivity index (χ0v) is 10.1. The summed E-state index contributed by atoms with van der Waals surface area (Å²) in [4.78, 5) is 0. The summed E-state index contributed by atoms with van der Waals surface area (Å²) in [6.07, 6.45) is 3.78. The van der Waals surface area contributed by atoms with Gasteiger partial charge in [-0.05, 0) is 45.2 Å². The van der Waals surface area contributed by atoms with Crippen molar-refractivity contribution < 1.29 is 0 Å². The van der Waals surface area contributed by atoms with Crippen LogP contribution < -0.4 is 5.32 Å². The van der Waals surface area contributed by atoms with Crippen LogP contribution in [0, 0.1) is 13.8 Å². The summed E-state index contributed by atoms with van der Waals surface area (Å²) in [7, 11) is 0. The average Bonchev–Trinajstić information content (AvgIpc) is 2.65. The average molecular weight is 203 g/mol. The predicted octanol–water partition coefficient (Wildman–Crippen LogP) is 3.29. The highest BCUT2D eigenvalue weighted by atomic mass is 15.0. The van der Waals surface area contributed by atoms with Gasteiger partial charge < -0.3 is 5.32 Å². The Kier molecular flexibility index (Phi) is 2.83. The Bertz CT molecular complexity index is 328. The van der Waals surface area contributed by atoms with Crippen LogP contribution in [0.1, 0.15) is 42.9 Å². The van der Waals surface area contributed by atoms with Crippen molar-refractivity contribution in [3.05, 3.63) is 34.9 Å². The van der Waals surface area contributed by atoms with Crippen LogP contribution in [-0.2, 0) is 5.54 Å². The van der Waals surface area contributed by atoms with E-state index in [0.717, 1.165) is 0 Å². The fourth-order valence-corrected chi connectivity index (χ4v) is 2.81. The van der Waals surface area contributed by atoms with Crippen LogP contribution in [0.15, 0.2) is 18.2 Å². The molecule has 1 aliphatic rings. The topological polar surface area (TPSA) is 12.0 Å². The van der Waals surface area contributed by atoms with E-state index in [-0.39, 0.29) is 5.54 Å². The molecule has 1 nitrogen and oxygen atoms in total. The first-order valence-corrected chi connectivity index (χ1v) is 6.00. The van der Waals surface area contributed by atoms with Gasteiger partial charge in [-0.3, -0.25) is 0 Å². The minimum atomic E-state index is 0.261. The molecule has 0 saturated carbocycles. The van der Waals surface area contributed by atoms with Crippen molar-refractivity contribution in [1.29, 1.82) is 0 Å². The Balaban J connectivity index is 2.42. The van der Waals surface area contributed by atoms with Crippen LogP contribution in [0.5, 0.6) is 0 Å². The molecule has 1 unspecified atom stereocenters. The minimum Gasteiger partial charge on any atom is -0.307 e. The molecule has 0 spiro atoms. The number of hydrogen-bond donors (Lipinski definition) is 1. The molecule has 15 heavy (non-hydrogen) atoms. The number of nitrogens with one attached hydrogen (secondary N) is 1. The Hall–Kier alpha value is -0.820. The van der Waals surface area contributed by atoms with Gasteiger partial charge in [0.2, 0.25) is 0 Å². The first-order chi connectivity index (χ1) is 7.16. The van der Waals surface area contributed by atoms with Crippen molar-refractivity contribution in [3.63, 3.8) is 0 Å². The van der Waals surface area contributed by atoms with Crippen molar-refractivity contribution in [2.45, 2.75) is 45.6 Å². The van der Waals surface area contributed by atoms with Crippen molar-refractivity contribution in [1.82, 2.24) is 5.32 Å². The summed E-state index contributed by atoms with van der Waals surface area (Å²) >= 11 is 0. The summed E-state index contributed by atoms with van der Waals surface area (Å²) in [6.45, 7) is 7.83. The van der Waals surface area contributed by atoms with E-state index in [4.69, 9.17) is 0 Å². The van der Waals surface area contributed by atoms with Gasteiger partial charge in [0, 0.05) is 5.54 Å². The second kappa shape index (κ2) is 3.97. The van der Waals surface area contributed by atoms with Gasteiger partial charge in [-0.15, -0.1) is 0 Å². The van der Waals surface area contributed by atoms with E-state index in [0.29, 0.717) is 0 Å². The van der Waals surface area contributed by atoms with E-state index in [1.54, 1.807) is 0 Å². The van der Waals surface area contributed by atoms with Crippen LogP contribution in [0.25, 0.3) is 0 Å². The van der Waals surface area contributed by atoms with Gasteiger partial charge in [0.05, 0.1) is 0 Å². The van der Waals surface area contributed by atoms with Gasteiger partial charge in [0.25, 0.3) is 0 Å². The van der Waals surface area contributed by atoms with Crippen LogP contribution in [0.3, 0.4) is 0 Å². The van der Waals surface area contributed by atoms with Crippen molar-refractivity contribution in [2.24, 2.45) is 0 Å². The monoisotopic (exact) mass is 203 g/mol. The molecule has 1 fully saturated rings. The molecule has 1 saturated heterocycles. The number of hydrogen-bond acceptors (Lipinski definition) is 1. The molecular weight excluding hydrogens is 182 g/mol. The summed E-state index contributed by atoms with van der Waals surface area (Å²) in [5.74, 6) is 0. The predicted molar refractivity (Wildman–Crippen MR) is 65.1 cm³/mol. The van der Waals surface area contributed by atoms with Crippen LogP contribution in [0.4, 0.5) is 0 Å². The minimum absolute atomic E-state index is 0.261. The van der Waals surface area contributed by atoms with Crippen molar-refractivity contribution in [3.8, 4) is 0 Å². The SMILES string of the molecule is CCC1(c2cc(C)cc(C)c2)CCCN1. The molecule has 1 N–H and O–H groups in total. The van der Waals surface area contributed by atoms with E-state index in [1.807, 2.05) is 0 Å². The van der Waals surface area contributed by atoms with Gasteiger partial charge in [-0.2, -0.15) is 0 Å². The summed E-state index contributed by atoms with van der Waals surface area (Å²) in [5.41, 5.74) is 4.51. The van der Waals surface area contributed by atoms with E-state index < -0.39 is 0 Å². The van der Waals surface area contributed by atoms with E-state index in [9.17, 15) is 0 Å². The number of benzene rings is 1. The third-order valence-electron chi connectivity index (χ3n) is 3.62. The lowest BCUT2D eigenvalue weighted by Gasteiger charge is -2.29. The van der Waals surface area contributed by atoms with Gasteiger partial charge in [0.1, 0.15) is 0 Å². The maximum absolute atomic E-state index is 3.69. The Morgan fingerprint density at radius 1 is 1.20 bits per heavy atom. The highest BCUT2D eigenvalue weighted by Crippen LogP contribution is 2.34. The maximum Gasteiger partial charge on any atom is 0.0432 e. The third kappa shape index (κ3) is 1.93. The third-order valence-corrected chi connectivity index (χ3v) is 3.62. The first kappa shape index (κ1) is 10.7. The molecule has 1 aromatic carbocycles. The lowest BCUT2D eigenvalue weighted by atomic mass is 9.84. The van der Waals surface area contributed by atoms with E-state index >= 15 is 0 Å². The lowest BCUT2D eigenvalue weighted by molar-refractivity contribution is 0.375. The van der Waals surface area contributed by atoms with Crippen LogP contribution in [0.2, 0.25) is 0 Å². The normalized spacial score (nSPS) is 25.8. The standard InChI is InChI=1S/C14H21N/c1-4-14(6-5-7-15-14)13-9-11(2)8-12(3)10-13/h8-10,15H,4-7H2,1-3H3. The van der Waals surface area contributed by atoms with Gasteiger partial charge >= 0.3 is 0 Å². The summed E-state index contributed by atoms with van der Waals surface area (Å²) in [6, 6.07) is 6.94. The molecule has 0 amide bonds. The van der Waals surface area contributed by atoms with Crippen molar-refractivity contribution in [2.75, 3.05) is 6.54 Å². The Morgan fingerprint density at radius 3 is 2.33 bits per heavy atom. The highest BCUT2D eigenvalue weighted by molar-refractivity contribution is 5.34. The molecular formula is C14H21N. The quantitative estimate of drug-likeness (QED) is 0.777. The number of rotatable bonds is 2. The molecule has 2 rings (SSSR count). The van der Waals surface area contributed by atoms with E-state index in [1.165, 1.54) is 42.5 Å². The number of aryl methyl sites for hydroxylation is 2. The van der Waals surface area contributed by atoms with Crippen LogP contribution >= 0.6 is 0 Å². The van der Waals surface area contributed by atoms with E-state index in [2.05, 4.69) is 44.3 Å². The second-order valence-electron chi connectivity index (χ2n) is 4.84. The fourth-order valence-electron chi connectivity index (χ4n) is 2.81. The Morgan fingerprint density at radius 2 is 1.87 bits per heavy atom. The molecule has 1 heteroatoms. The summed E-state index contributed by atoms with van der Waals surface area (Å²) < 4.78 is 0. The highest BCUT2D eigenvalue weighted by Gasteiger charge is 2.33. The molecule has 0 bridgehead atoms. The fraction of sp³-hybridized carbons (Fsp3) is 0.571. The van der Waals surface area contributed by atoms with Gasteiger partial charge in [-0.1, -0.05) is 36.2 Å². The smallest absolute Gasteiger partial charge is 0.0432 e. The largest absolute Gasteiger partial charge is 0.307 e. The molecule has 0 radical (unpaired) electrons. The van der Waals surface area contributed by atoms with Gasteiger partial charge in [-0.25, -0.2) is 0 Å². The molecule has 1 atom stereocenters. The molecule has 1 aliphatic heterocycles. The zero-order valence-electron chi connectivity index (χ0n) is 10.1. The molecule has 82 valence electrons. The van der Waals surface area contributed by atoms with Crippen molar-refractivity contribution >= 4 is 0 Å². The molecule has 1 heterocycles. The second-order valence-corrected chi connectivity index (χ2v) is 4.84. The van der Waals surface area contributed by atoms with Crippen LogP contribution in [-0.4, -0.2) is 6.54 Å². The van der Waals surface area contributed by atoms with Gasteiger partial charge in [0.15, 0.2) is 0 Å².